The van der Waals surface area contributed by atoms with Gasteiger partial charge in [0.1, 0.15) is 5.82 Å². The molecule has 4 heteroatoms. The molecule has 0 aliphatic heterocycles. The van der Waals surface area contributed by atoms with Gasteiger partial charge in [-0.3, -0.25) is 9.78 Å². The van der Waals surface area contributed by atoms with Gasteiger partial charge in [-0.15, -0.1) is 0 Å². The molecule has 0 saturated carbocycles. The van der Waals surface area contributed by atoms with Crippen molar-refractivity contribution in [2.45, 2.75) is 13.3 Å². The topological polar surface area (TPSA) is 42.0 Å². The highest BCUT2D eigenvalue weighted by Crippen LogP contribution is 2.22. The van der Waals surface area contributed by atoms with Crippen LogP contribution in [0.25, 0.3) is 10.9 Å². The van der Waals surface area contributed by atoms with Crippen LogP contribution in [-0.4, -0.2) is 10.9 Å². The van der Waals surface area contributed by atoms with Crippen LogP contribution in [0, 0.1) is 12.7 Å². The SMILES string of the molecule is Cc1ccc2cccc(NC(=O)Cc3cccc(F)c3)c2n1. The predicted octanol–water partition coefficient (Wildman–Crippen LogP) is 3.86. The van der Waals surface area contributed by atoms with Crippen LogP contribution < -0.4 is 5.32 Å². The van der Waals surface area contributed by atoms with Crippen molar-refractivity contribution in [3.05, 3.63) is 71.7 Å². The number of benzene rings is 2. The first kappa shape index (κ1) is 14.2. The first-order valence-electron chi connectivity index (χ1n) is 7.02. The van der Waals surface area contributed by atoms with E-state index in [1.807, 2.05) is 37.3 Å². The minimum Gasteiger partial charge on any atom is -0.324 e. The third-order valence-electron chi connectivity index (χ3n) is 3.39. The van der Waals surface area contributed by atoms with E-state index in [-0.39, 0.29) is 18.1 Å². The Kier molecular flexibility index (Phi) is 3.83. The van der Waals surface area contributed by atoms with Crippen molar-refractivity contribution in [2.24, 2.45) is 0 Å². The largest absolute Gasteiger partial charge is 0.324 e. The van der Waals surface area contributed by atoms with Gasteiger partial charge in [-0.05, 0) is 36.8 Å². The Balaban J connectivity index is 1.83. The van der Waals surface area contributed by atoms with Gasteiger partial charge in [0.05, 0.1) is 17.6 Å². The summed E-state index contributed by atoms with van der Waals surface area (Å²) in [5.74, 6) is -0.533. The molecule has 0 atom stereocenters. The predicted molar refractivity (Wildman–Crippen MR) is 85.2 cm³/mol. The number of nitrogens with one attached hydrogen (secondary N) is 1. The zero-order valence-electron chi connectivity index (χ0n) is 12.1. The zero-order valence-corrected chi connectivity index (χ0v) is 12.1. The van der Waals surface area contributed by atoms with E-state index >= 15 is 0 Å². The van der Waals surface area contributed by atoms with Gasteiger partial charge in [-0.2, -0.15) is 0 Å². The third kappa shape index (κ3) is 3.11. The summed E-state index contributed by atoms with van der Waals surface area (Å²) >= 11 is 0. The summed E-state index contributed by atoms with van der Waals surface area (Å²) in [6.45, 7) is 1.91. The summed E-state index contributed by atoms with van der Waals surface area (Å²) in [4.78, 5) is 16.6. The molecule has 1 heterocycles. The monoisotopic (exact) mass is 294 g/mol. The number of nitrogens with zero attached hydrogens (tertiary/aromatic N) is 1. The number of amides is 1. The van der Waals surface area contributed by atoms with E-state index < -0.39 is 0 Å². The molecule has 22 heavy (non-hydrogen) atoms. The average molecular weight is 294 g/mol. The molecule has 3 rings (SSSR count). The molecule has 2 aromatic carbocycles. The van der Waals surface area contributed by atoms with Crippen LogP contribution in [0.5, 0.6) is 0 Å². The Hall–Kier alpha value is -2.75. The number of carbonyl (C=O) groups excluding carboxylic acids is 1. The highest BCUT2D eigenvalue weighted by molar-refractivity contribution is 6.00. The van der Waals surface area contributed by atoms with E-state index in [2.05, 4.69) is 10.3 Å². The lowest BCUT2D eigenvalue weighted by molar-refractivity contribution is -0.115. The van der Waals surface area contributed by atoms with Crippen molar-refractivity contribution in [1.29, 1.82) is 0 Å². The van der Waals surface area contributed by atoms with Crippen LogP contribution in [0.3, 0.4) is 0 Å². The average Bonchev–Trinajstić information content (AvgIpc) is 2.48. The van der Waals surface area contributed by atoms with Crippen molar-refractivity contribution in [3.8, 4) is 0 Å². The van der Waals surface area contributed by atoms with Crippen LogP contribution in [-0.2, 0) is 11.2 Å². The fourth-order valence-corrected chi connectivity index (χ4v) is 2.37. The number of hydrogen-bond donors (Lipinski definition) is 1. The van der Waals surface area contributed by atoms with Crippen molar-refractivity contribution in [3.63, 3.8) is 0 Å². The summed E-state index contributed by atoms with van der Waals surface area (Å²) in [6.07, 6.45) is 0.125. The quantitative estimate of drug-likeness (QED) is 0.797. The number of hydrogen-bond acceptors (Lipinski definition) is 2. The summed E-state index contributed by atoms with van der Waals surface area (Å²) < 4.78 is 13.2. The molecule has 1 amide bonds. The van der Waals surface area contributed by atoms with E-state index in [0.29, 0.717) is 11.3 Å². The van der Waals surface area contributed by atoms with Crippen molar-refractivity contribution >= 4 is 22.5 Å². The molecule has 3 aromatic rings. The molecule has 0 radical (unpaired) electrons. The second-order valence-corrected chi connectivity index (χ2v) is 5.18. The van der Waals surface area contributed by atoms with E-state index in [0.717, 1.165) is 16.6 Å². The number of rotatable bonds is 3. The fraction of sp³-hybridized carbons (Fsp3) is 0.111. The number of aromatic nitrogens is 1. The molecule has 110 valence electrons. The van der Waals surface area contributed by atoms with E-state index in [4.69, 9.17) is 0 Å². The molecule has 0 unspecified atom stereocenters. The smallest absolute Gasteiger partial charge is 0.228 e. The fourth-order valence-electron chi connectivity index (χ4n) is 2.37. The Bertz CT molecular complexity index is 845. The van der Waals surface area contributed by atoms with Gasteiger partial charge in [-0.1, -0.05) is 30.3 Å². The number of para-hydroxylation sites is 1. The van der Waals surface area contributed by atoms with Crippen LogP contribution >= 0.6 is 0 Å². The molecule has 3 nitrogen and oxygen atoms in total. The van der Waals surface area contributed by atoms with Crippen LogP contribution in [0.1, 0.15) is 11.3 Å². The Morgan fingerprint density at radius 1 is 1.14 bits per heavy atom. The van der Waals surface area contributed by atoms with Gasteiger partial charge in [0.2, 0.25) is 5.91 Å². The number of halogens is 1. The molecule has 0 spiro atoms. The van der Waals surface area contributed by atoms with Gasteiger partial charge in [0, 0.05) is 11.1 Å². The number of pyridine rings is 1. The summed E-state index contributed by atoms with van der Waals surface area (Å²) in [7, 11) is 0. The minimum absolute atomic E-state index is 0.125. The van der Waals surface area contributed by atoms with Crippen LogP contribution in [0.2, 0.25) is 0 Å². The van der Waals surface area contributed by atoms with E-state index in [9.17, 15) is 9.18 Å². The van der Waals surface area contributed by atoms with Gasteiger partial charge < -0.3 is 5.32 Å². The molecule has 1 aromatic heterocycles. The lowest BCUT2D eigenvalue weighted by Crippen LogP contribution is -2.15. The van der Waals surface area contributed by atoms with Crippen LogP contribution in [0.15, 0.2) is 54.6 Å². The van der Waals surface area contributed by atoms with Gasteiger partial charge in [0.15, 0.2) is 0 Å². The Labute approximate surface area is 127 Å². The molecule has 0 saturated heterocycles. The molecule has 1 N–H and O–H groups in total. The zero-order chi connectivity index (χ0) is 15.5. The summed E-state index contributed by atoms with van der Waals surface area (Å²) in [5.41, 5.74) is 2.96. The van der Waals surface area contributed by atoms with Gasteiger partial charge >= 0.3 is 0 Å². The van der Waals surface area contributed by atoms with Crippen molar-refractivity contribution < 1.29 is 9.18 Å². The maximum absolute atomic E-state index is 13.2. The first-order valence-corrected chi connectivity index (χ1v) is 7.02. The van der Waals surface area contributed by atoms with E-state index in [1.54, 1.807) is 12.1 Å². The molecule has 0 bridgehead atoms. The number of fused-ring (bicyclic) bond motifs is 1. The maximum Gasteiger partial charge on any atom is 0.228 e. The van der Waals surface area contributed by atoms with Crippen molar-refractivity contribution in [1.82, 2.24) is 4.98 Å². The Morgan fingerprint density at radius 2 is 1.95 bits per heavy atom. The highest BCUT2D eigenvalue weighted by Gasteiger charge is 2.08. The van der Waals surface area contributed by atoms with Gasteiger partial charge in [0.25, 0.3) is 0 Å². The third-order valence-corrected chi connectivity index (χ3v) is 3.39. The second-order valence-electron chi connectivity index (χ2n) is 5.18. The number of aryl methyl sites for hydroxylation is 1. The highest BCUT2D eigenvalue weighted by atomic mass is 19.1. The second kappa shape index (κ2) is 5.93. The standard InChI is InChI=1S/C18H15FN2O/c1-12-8-9-14-5-3-7-16(18(14)20-12)21-17(22)11-13-4-2-6-15(19)10-13/h2-10H,11H2,1H3,(H,21,22). The molecular formula is C18H15FN2O. The lowest BCUT2D eigenvalue weighted by atomic mass is 10.1. The van der Waals surface area contributed by atoms with E-state index in [1.165, 1.54) is 12.1 Å². The molecule has 0 aliphatic rings. The Morgan fingerprint density at radius 3 is 2.77 bits per heavy atom. The molecular weight excluding hydrogens is 279 g/mol. The number of anilines is 1. The summed E-state index contributed by atoms with van der Waals surface area (Å²) in [6, 6.07) is 15.6. The summed E-state index contributed by atoms with van der Waals surface area (Å²) in [5, 5.41) is 3.82. The maximum atomic E-state index is 13.2. The van der Waals surface area contributed by atoms with Crippen LogP contribution in [0.4, 0.5) is 10.1 Å². The molecule has 0 fully saturated rings. The van der Waals surface area contributed by atoms with Crippen molar-refractivity contribution in [2.75, 3.05) is 5.32 Å². The number of carbonyl (C=O) groups is 1. The normalized spacial score (nSPS) is 10.6. The molecule has 0 aliphatic carbocycles. The van der Waals surface area contributed by atoms with Gasteiger partial charge in [-0.25, -0.2) is 4.39 Å². The minimum atomic E-state index is -0.340. The lowest BCUT2D eigenvalue weighted by Gasteiger charge is -2.09. The first-order chi connectivity index (χ1) is 10.6.